The number of nitrogens with two attached hydrogens (primary N) is 1. The molecule has 1 amide bonds. The number of nitrogens with one attached hydrogen (secondary N) is 1. The number of amides is 1. The second kappa shape index (κ2) is 10.8. The topological polar surface area (TPSA) is 113 Å². The van der Waals surface area contributed by atoms with Crippen LogP contribution >= 0.6 is 0 Å². The van der Waals surface area contributed by atoms with Crippen molar-refractivity contribution in [3.05, 3.63) is 0 Å². The van der Waals surface area contributed by atoms with Gasteiger partial charge in [-0.15, -0.1) is 0 Å². The van der Waals surface area contributed by atoms with Crippen LogP contribution in [0.3, 0.4) is 0 Å². The molecule has 6 nitrogen and oxygen atoms in total. The lowest BCUT2D eigenvalue weighted by Crippen LogP contribution is -2.45. The van der Waals surface area contributed by atoms with E-state index in [0.717, 1.165) is 25.7 Å². The molecule has 0 aliphatic rings. The summed E-state index contributed by atoms with van der Waals surface area (Å²) >= 11 is 0. The van der Waals surface area contributed by atoms with Crippen LogP contribution in [0.5, 0.6) is 0 Å². The number of carbonyl (C=O) groups is 2. The number of hydrogen-bond donors (Lipinski definition) is 4. The highest BCUT2D eigenvalue weighted by atomic mass is 16.4. The number of carbonyl (C=O) groups excluding carboxylic acids is 1. The third-order valence-electron chi connectivity index (χ3n) is 2.95. The van der Waals surface area contributed by atoms with E-state index in [9.17, 15) is 14.7 Å². The van der Waals surface area contributed by atoms with Crippen LogP contribution in [0.2, 0.25) is 0 Å². The Labute approximate surface area is 114 Å². The van der Waals surface area contributed by atoms with E-state index in [1.54, 1.807) is 0 Å². The van der Waals surface area contributed by atoms with Gasteiger partial charge < -0.3 is 21.3 Å². The number of unbranched alkanes of at least 4 members (excludes halogenated alkanes) is 3. The molecular weight excluding hydrogens is 248 g/mol. The summed E-state index contributed by atoms with van der Waals surface area (Å²) in [7, 11) is 0. The van der Waals surface area contributed by atoms with Crippen LogP contribution in [-0.4, -0.2) is 40.8 Å². The summed E-state index contributed by atoms with van der Waals surface area (Å²) in [6.45, 7) is 2.53. The quantitative estimate of drug-likeness (QED) is 0.413. The number of hydrogen-bond acceptors (Lipinski definition) is 4. The molecule has 0 radical (unpaired) electrons. The Hall–Kier alpha value is -1.14. The molecule has 0 saturated heterocycles. The van der Waals surface area contributed by atoms with E-state index in [2.05, 4.69) is 5.32 Å². The van der Waals surface area contributed by atoms with Crippen LogP contribution < -0.4 is 11.1 Å². The van der Waals surface area contributed by atoms with Gasteiger partial charge in [0.1, 0.15) is 12.1 Å². The smallest absolute Gasteiger partial charge is 0.326 e. The molecule has 2 unspecified atom stereocenters. The molecule has 0 bridgehead atoms. The summed E-state index contributed by atoms with van der Waals surface area (Å²) in [6, 6.07) is -0.945. The van der Waals surface area contributed by atoms with Gasteiger partial charge >= 0.3 is 5.97 Å². The molecule has 0 aromatic rings. The molecular formula is C13H26N2O4. The number of aliphatic hydroxyl groups is 1. The van der Waals surface area contributed by atoms with Crippen molar-refractivity contribution in [1.29, 1.82) is 0 Å². The Morgan fingerprint density at radius 1 is 1.16 bits per heavy atom. The van der Waals surface area contributed by atoms with Crippen molar-refractivity contribution >= 4 is 11.9 Å². The Balaban J connectivity index is 4.11. The van der Waals surface area contributed by atoms with Crippen molar-refractivity contribution in [3.8, 4) is 0 Å². The van der Waals surface area contributed by atoms with Crippen molar-refractivity contribution in [2.75, 3.05) is 6.54 Å². The number of rotatable bonds is 11. The molecule has 6 heteroatoms. The molecule has 0 fully saturated rings. The van der Waals surface area contributed by atoms with Crippen LogP contribution in [0.4, 0.5) is 0 Å². The number of aliphatic carboxylic acids is 1. The third kappa shape index (κ3) is 8.56. The van der Waals surface area contributed by atoms with E-state index >= 15 is 0 Å². The predicted molar refractivity (Wildman–Crippen MR) is 72.6 cm³/mol. The Morgan fingerprint density at radius 3 is 2.32 bits per heavy atom. The molecule has 0 aromatic heterocycles. The maximum absolute atomic E-state index is 11.6. The second-order valence-corrected chi connectivity index (χ2v) is 4.70. The van der Waals surface area contributed by atoms with E-state index in [1.807, 2.05) is 6.92 Å². The molecule has 19 heavy (non-hydrogen) atoms. The van der Waals surface area contributed by atoms with Crippen LogP contribution in [0, 0.1) is 0 Å². The Morgan fingerprint density at radius 2 is 1.79 bits per heavy atom. The fourth-order valence-electron chi connectivity index (χ4n) is 1.74. The fourth-order valence-corrected chi connectivity index (χ4v) is 1.74. The molecule has 0 aliphatic heterocycles. The molecule has 0 rings (SSSR count). The molecule has 5 N–H and O–H groups in total. The molecule has 112 valence electrons. The summed E-state index contributed by atoms with van der Waals surface area (Å²) in [6.07, 6.45) is 3.65. The fraction of sp³-hybridized carbons (Fsp3) is 0.846. The van der Waals surface area contributed by atoms with Crippen molar-refractivity contribution in [2.45, 2.75) is 64.0 Å². The standard InChI is InChI=1S/C13H26N2O4/c1-2-3-4-8-11(16)12(17)15-10(13(18)19)7-5-6-9-14/h10-11,16H,2-9,14H2,1H3,(H,15,17)(H,18,19). The van der Waals surface area contributed by atoms with Crippen molar-refractivity contribution in [1.82, 2.24) is 5.32 Å². The Kier molecular flexibility index (Phi) is 10.1. The minimum Gasteiger partial charge on any atom is -0.480 e. The van der Waals surface area contributed by atoms with Crippen LogP contribution in [0.15, 0.2) is 0 Å². The first-order valence-electron chi connectivity index (χ1n) is 6.94. The average Bonchev–Trinajstić information content (AvgIpc) is 2.37. The molecule has 0 heterocycles. The van der Waals surface area contributed by atoms with E-state index in [1.165, 1.54) is 0 Å². The third-order valence-corrected chi connectivity index (χ3v) is 2.95. The van der Waals surface area contributed by atoms with Crippen LogP contribution in [0.1, 0.15) is 51.9 Å². The summed E-state index contributed by atoms with van der Waals surface area (Å²) < 4.78 is 0. The zero-order chi connectivity index (χ0) is 14.7. The molecule has 2 atom stereocenters. The number of carboxylic acids is 1. The summed E-state index contributed by atoms with van der Waals surface area (Å²) in [5, 5.41) is 21.0. The SMILES string of the molecule is CCCCCC(O)C(=O)NC(CCCCN)C(=O)O. The first kappa shape index (κ1) is 17.9. The summed E-state index contributed by atoms with van der Waals surface area (Å²) in [5.41, 5.74) is 5.33. The molecule has 0 aliphatic carbocycles. The molecule has 0 saturated carbocycles. The van der Waals surface area contributed by atoms with E-state index < -0.39 is 24.0 Å². The first-order valence-corrected chi connectivity index (χ1v) is 6.94. The van der Waals surface area contributed by atoms with Crippen molar-refractivity contribution in [2.24, 2.45) is 5.73 Å². The highest BCUT2D eigenvalue weighted by molar-refractivity contribution is 5.86. The predicted octanol–water partition coefficient (Wildman–Crippen LogP) is 0.626. The minimum absolute atomic E-state index is 0.333. The maximum Gasteiger partial charge on any atom is 0.326 e. The van der Waals surface area contributed by atoms with Gasteiger partial charge in [-0.05, 0) is 32.2 Å². The van der Waals surface area contributed by atoms with Gasteiger partial charge in [0.2, 0.25) is 5.91 Å². The molecule has 0 aromatic carbocycles. The normalized spacial score (nSPS) is 13.8. The zero-order valence-electron chi connectivity index (χ0n) is 11.6. The van der Waals surface area contributed by atoms with E-state index in [4.69, 9.17) is 10.8 Å². The summed E-state index contributed by atoms with van der Waals surface area (Å²) in [4.78, 5) is 22.6. The van der Waals surface area contributed by atoms with Gasteiger partial charge in [-0.2, -0.15) is 0 Å². The van der Waals surface area contributed by atoms with Crippen LogP contribution in [-0.2, 0) is 9.59 Å². The van der Waals surface area contributed by atoms with Gasteiger partial charge in [0.15, 0.2) is 0 Å². The van der Waals surface area contributed by atoms with Crippen molar-refractivity contribution < 1.29 is 19.8 Å². The van der Waals surface area contributed by atoms with Gasteiger partial charge in [-0.25, -0.2) is 4.79 Å². The lowest BCUT2D eigenvalue weighted by molar-refractivity contribution is -0.143. The highest BCUT2D eigenvalue weighted by Crippen LogP contribution is 2.05. The number of carboxylic acid groups (broad SMARTS) is 1. The first-order chi connectivity index (χ1) is 9.02. The van der Waals surface area contributed by atoms with Crippen LogP contribution in [0.25, 0.3) is 0 Å². The zero-order valence-corrected chi connectivity index (χ0v) is 11.6. The monoisotopic (exact) mass is 274 g/mol. The number of aliphatic hydroxyl groups excluding tert-OH is 1. The molecule has 0 spiro atoms. The maximum atomic E-state index is 11.6. The lowest BCUT2D eigenvalue weighted by Gasteiger charge is -2.17. The Bertz CT molecular complexity index is 271. The van der Waals surface area contributed by atoms with E-state index in [0.29, 0.717) is 25.8 Å². The van der Waals surface area contributed by atoms with E-state index in [-0.39, 0.29) is 0 Å². The lowest BCUT2D eigenvalue weighted by atomic mass is 10.1. The largest absolute Gasteiger partial charge is 0.480 e. The van der Waals surface area contributed by atoms with Gasteiger partial charge in [0.05, 0.1) is 0 Å². The van der Waals surface area contributed by atoms with Gasteiger partial charge in [0.25, 0.3) is 0 Å². The highest BCUT2D eigenvalue weighted by Gasteiger charge is 2.23. The second-order valence-electron chi connectivity index (χ2n) is 4.70. The average molecular weight is 274 g/mol. The summed E-state index contributed by atoms with van der Waals surface area (Å²) in [5.74, 6) is -1.68. The van der Waals surface area contributed by atoms with Gasteiger partial charge in [-0.3, -0.25) is 4.79 Å². The van der Waals surface area contributed by atoms with Gasteiger partial charge in [0, 0.05) is 0 Å². The van der Waals surface area contributed by atoms with Gasteiger partial charge in [-0.1, -0.05) is 26.2 Å². The van der Waals surface area contributed by atoms with Crippen molar-refractivity contribution in [3.63, 3.8) is 0 Å². The minimum atomic E-state index is -1.12.